The average molecular weight is 666 g/mol. The van der Waals surface area contributed by atoms with Crippen molar-refractivity contribution in [1.29, 1.82) is 0 Å². The van der Waals surface area contributed by atoms with Crippen LogP contribution in [0, 0.1) is 0 Å². The van der Waals surface area contributed by atoms with Crippen molar-refractivity contribution >= 4 is 47.3 Å². The molecule has 0 unspecified atom stereocenters. The van der Waals surface area contributed by atoms with Gasteiger partial charge < -0.3 is 0 Å². The maximum atomic E-state index is 11.4. The van der Waals surface area contributed by atoms with Gasteiger partial charge in [-0.15, -0.1) is 0 Å². The first-order valence-electron chi connectivity index (χ1n) is 14.5. The van der Waals surface area contributed by atoms with Gasteiger partial charge in [-0.3, -0.25) is 0 Å². The second kappa shape index (κ2) is 32.1. The molecular weight excluding hydrogens is 606 g/mol. The third-order valence-electron chi connectivity index (χ3n) is 6.03. The van der Waals surface area contributed by atoms with Crippen LogP contribution >= 0.6 is 0 Å². The zero-order valence-electron chi connectivity index (χ0n) is 23.0. The molecule has 0 saturated carbocycles. The van der Waals surface area contributed by atoms with Gasteiger partial charge in [0.2, 0.25) is 0 Å². The molecule has 0 aliphatic heterocycles. The Kier molecular flexibility index (Phi) is 35.3. The van der Waals surface area contributed by atoms with E-state index in [1.54, 1.807) is 13.3 Å². The molecule has 0 fully saturated rings. The number of hydrogen-bond acceptors (Lipinski definition) is 2. The predicted octanol–water partition coefficient (Wildman–Crippen LogP) is 9.90. The van der Waals surface area contributed by atoms with Gasteiger partial charge in [-0.25, -0.2) is 0 Å². The van der Waals surface area contributed by atoms with Crippen LogP contribution in [0.4, 0.5) is 0 Å². The van der Waals surface area contributed by atoms with E-state index in [0.717, 1.165) is 6.42 Å². The average Bonchev–Trinajstić information content (AvgIpc) is 2.80. The van der Waals surface area contributed by atoms with Crippen molar-refractivity contribution in [1.82, 2.24) is 0 Å². The second-order valence-corrected chi connectivity index (χ2v) is 21.3. The first-order chi connectivity index (χ1) is 15.7. The summed E-state index contributed by atoms with van der Waals surface area (Å²) in [7, 11) is 0. The van der Waals surface area contributed by atoms with Crippen molar-refractivity contribution < 1.29 is 7.87 Å². The van der Waals surface area contributed by atoms with Crippen molar-refractivity contribution in [2.45, 2.75) is 168 Å². The number of unbranched alkanes of at least 4 members (excludes halogenated alkanes) is 12. The zero-order chi connectivity index (χ0) is 24.1. The molecule has 4 heteroatoms. The Hall–Kier alpha value is 1.07. The number of rotatable bonds is 23. The van der Waals surface area contributed by atoms with Crippen LogP contribution in [0.25, 0.3) is 0 Å². The molecular formula is C28H60O2Sn2. The summed E-state index contributed by atoms with van der Waals surface area (Å²) in [6, 6.07) is 0. The Balaban J connectivity index is 0. The van der Waals surface area contributed by atoms with Crippen molar-refractivity contribution in [2.24, 2.45) is 0 Å². The fraction of sp³-hybridized carbons (Fsp3) is 0.964. The topological polar surface area (TPSA) is 26.3 Å². The van der Waals surface area contributed by atoms with Gasteiger partial charge in [-0.1, -0.05) is 6.92 Å². The van der Waals surface area contributed by atoms with Gasteiger partial charge in [-0.2, -0.15) is 0 Å². The predicted molar refractivity (Wildman–Crippen MR) is 150 cm³/mol. The van der Waals surface area contributed by atoms with Crippen molar-refractivity contribution in [2.75, 3.05) is 0 Å². The first kappa shape index (κ1) is 35.2. The molecule has 0 spiro atoms. The second-order valence-electron chi connectivity index (χ2n) is 9.44. The van der Waals surface area contributed by atoms with E-state index >= 15 is 0 Å². The molecule has 0 aromatic heterocycles. The summed E-state index contributed by atoms with van der Waals surface area (Å²) in [4.78, 5) is 11.4. The van der Waals surface area contributed by atoms with Gasteiger partial charge in [0.25, 0.3) is 0 Å². The molecule has 0 amide bonds. The van der Waals surface area contributed by atoms with Crippen LogP contribution in [0.1, 0.15) is 150 Å². The zero-order valence-corrected chi connectivity index (χ0v) is 29.1. The Morgan fingerprint density at radius 2 is 0.969 bits per heavy atom. The molecule has 0 heterocycles. The monoisotopic (exact) mass is 668 g/mol. The number of hydrogen-bond donors (Lipinski definition) is 0. The first-order valence-corrected chi connectivity index (χ1v) is 24.2. The Morgan fingerprint density at radius 1 is 0.562 bits per heavy atom. The normalized spacial score (nSPS) is 10.8. The minimum atomic E-state index is -0.982. The standard InChI is InChI=1S/C12H24O2.4C4H9.2Sn.H/c1-2-3-4-5-6-7-8-9-10-11-12(13)14;4*1-3-4-2;;;/h2-11H2,1H3,(H,13,14);4*1,3-4H2,2H3;;;/q;;;;;;+1;/p-1. The van der Waals surface area contributed by atoms with Crippen LogP contribution in [0.2, 0.25) is 17.7 Å². The van der Waals surface area contributed by atoms with Gasteiger partial charge in [-0.05, 0) is 0 Å². The van der Waals surface area contributed by atoms with E-state index in [1.807, 2.05) is 0 Å². The van der Waals surface area contributed by atoms with Crippen molar-refractivity contribution in [3.8, 4) is 0 Å². The van der Waals surface area contributed by atoms with E-state index in [1.165, 1.54) is 107 Å². The summed E-state index contributed by atoms with van der Waals surface area (Å²) in [5.74, 6) is 0.0836. The molecule has 0 aliphatic rings. The molecule has 2 radical (unpaired) electrons. The number of carbonyl (C=O) groups excluding carboxylic acids is 1. The van der Waals surface area contributed by atoms with Crippen LogP contribution in [0.15, 0.2) is 0 Å². The molecule has 0 saturated heterocycles. The van der Waals surface area contributed by atoms with Crippen LogP contribution in [-0.4, -0.2) is 47.3 Å². The molecule has 0 N–H and O–H groups in total. The van der Waals surface area contributed by atoms with Gasteiger partial charge in [0.1, 0.15) is 0 Å². The molecule has 32 heavy (non-hydrogen) atoms. The summed E-state index contributed by atoms with van der Waals surface area (Å²) < 4.78 is 11.6. The fourth-order valence-electron chi connectivity index (χ4n) is 3.73. The van der Waals surface area contributed by atoms with E-state index in [9.17, 15) is 4.79 Å². The Bertz CT molecular complexity index is 331. The molecule has 2 nitrogen and oxygen atoms in total. The Labute approximate surface area is 221 Å². The van der Waals surface area contributed by atoms with E-state index in [4.69, 9.17) is 3.07 Å². The van der Waals surface area contributed by atoms with Crippen molar-refractivity contribution in [3.63, 3.8) is 0 Å². The van der Waals surface area contributed by atoms with E-state index in [-0.39, 0.29) is 5.97 Å². The number of carbonyl (C=O) groups is 1. The van der Waals surface area contributed by atoms with Crippen LogP contribution in [0.5, 0.6) is 0 Å². The summed E-state index contributed by atoms with van der Waals surface area (Å²) >= 11 is -1.82. The SMILES string of the molecule is CCCCCCCCCCCC(=O)[O][SnH][CH2]CCC.CCC[CH2][Sn]([CH2]CCC)[CH2]CCC. The molecule has 0 rings (SSSR count). The maximum absolute atomic E-state index is 11.4. The van der Waals surface area contributed by atoms with Crippen LogP contribution in [-0.2, 0) is 7.87 Å². The third kappa shape index (κ3) is 31.1. The van der Waals surface area contributed by atoms with E-state index in [0.29, 0.717) is 6.42 Å². The van der Waals surface area contributed by atoms with E-state index in [2.05, 4.69) is 34.6 Å². The molecule has 0 aromatic carbocycles. The molecule has 192 valence electrons. The molecule has 0 atom stereocenters. The molecule has 0 aromatic rings. The molecule has 0 aliphatic carbocycles. The fourth-order valence-corrected chi connectivity index (χ4v) is 16.0. The van der Waals surface area contributed by atoms with Gasteiger partial charge in [0, 0.05) is 0 Å². The summed E-state index contributed by atoms with van der Waals surface area (Å²) in [6.45, 7) is 11.4. The molecule has 0 bridgehead atoms. The van der Waals surface area contributed by atoms with Crippen LogP contribution < -0.4 is 0 Å². The van der Waals surface area contributed by atoms with Gasteiger partial charge in [0.05, 0.1) is 0 Å². The minimum absolute atomic E-state index is 0.0836. The quantitative estimate of drug-likeness (QED) is 0.0802. The summed E-state index contributed by atoms with van der Waals surface area (Å²) in [6.07, 6.45) is 23.7. The third-order valence-corrected chi connectivity index (χ3v) is 18.2. The summed E-state index contributed by atoms with van der Waals surface area (Å²) in [5.41, 5.74) is 0. The van der Waals surface area contributed by atoms with Gasteiger partial charge in [0.15, 0.2) is 0 Å². The van der Waals surface area contributed by atoms with Gasteiger partial charge >= 0.3 is 216 Å². The Morgan fingerprint density at radius 3 is 1.41 bits per heavy atom. The van der Waals surface area contributed by atoms with Crippen molar-refractivity contribution in [3.05, 3.63) is 0 Å². The van der Waals surface area contributed by atoms with Crippen LogP contribution in [0.3, 0.4) is 0 Å². The summed E-state index contributed by atoms with van der Waals surface area (Å²) in [5, 5.41) is 0. The van der Waals surface area contributed by atoms with E-state index < -0.39 is 41.3 Å².